The molecule has 120 valence electrons. The predicted octanol–water partition coefficient (Wildman–Crippen LogP) is 4.68. The van der Waals surface area contributed by atoms with Crippen LogP contribution in [0.5, 0.6) is 11.5 Å². The van der Waals surface area contributed by atoms with Crippen molar-refractivity contribution in [3.63, 3.8) is 0 Å². The van der Waals surface area contributed by atoms with Gasteiger partial charge in [-0.2, -0.15) is 0 Å². The van der Waals surface area contributed by atoms with Crippen LogP contribution in [-0.2, 0) is 11.4 Å². The molecule has 2 aromatic carbocycles. The number of hydrogen-bond acceptors (Lipinski definition) is 3. The minimum atomic E-state index is -1.01. The molecule has 0 saturated carbocycles. The van der Waals surface area contributed by atoms with Gasteiger partial charge in [0.2, 0.25) is 0 Å². The van der Waals surface area contributed by atoms with Gasteiger partial charge < -0.3 is 14.6 Å². The molecule has 0 unspecified atom stereocenters. The molecule has 0 saturated heterocycles. The lowest BCUT2D eigenvalue weighted by molar-refractivity contribution is -0.131. The maximum Gasteiger partial charge on any atom is 0.328 e. The van der Waals surface area contributed by atoms with E-state index in [2.05, 4.69) is 0 Å². The maximum atomic E-state index is 10.6. The number of carboxylic acid groups (broad SMARTS) is 1. The number of carboxylic acids is 1. The van der Waals surface area contributed by atoms with Gasteiger partial charge in [0.1, 0.15) is 18.1 Å². The standard InChI is InChI=1S/C17H14Cl2O4/c1-22-16-6-2-11(3-7-17(20)21)8-12(16)10-23-13-4-5-14(18)15(19)9-13/h2-9H,10H2,1H3,(H,20,21)/b7-3+. The van der Waals surface area contributed by atoms with Gasteiger partial charge in [-0.3, -0.25) is 0 Å². The molecule has 0 aliphatic rings. The summed E-state index contributed by atoms with van der Waals surface area (Å²) in [6, 6.07) is 10.3. The Morgan fingerprint density at radius 2 is 1.96 bits per heavy atom. The van der Waals surface area contributed by atoms with Gasteiger partial charge in [0.25, 0.3) is 0 Å². The molecule has 2 aromatic rings. The minimum absolute atomic E-state index is 0.246. The Morgan fingerprint density at radius 3 is 2.61 bits per heavy atom. The predicted molar refractivity (Wildman–Crippen MR) is 90.5 cm³/mol. The number of aliphatic carboxylic acids is 1. The van der Waals surface area contributed by atoms with Crippen molar-refractivity contribution in [1.82, 2.24) is 0 Å². The Labute approximate surface area is 143 Å². The van der Waals surface area contributed by atoms with Crippen LogP contribution in [-0.4, -0.2) is 18.2 Å². The molecule has 0 bridgehead atoms. The zero-order chi connectivity index (χ0) is 16.8. The topological polar surface area (TPSA) is 55.8 Å². The first-order valence-corrected chi connectivity index (χ1v) is 7.41. The van der Waals surface area contributed by atoms with E-state index in [0.29, 0.717) is 21.5 Å². The fourth-order valence-corrected chi connectivity index (χ4v) is 2.20. The summed E-state index contributed by atoms with van der Waals surface area (Å²) >= 11 is 11.8. The van der Waals surface area contributed by atoms with Crippen LogP contribution in [0.1, 0.15) is 11.1 Å². The van der Waals surface area contributed by atoms with Gasteiger partial charge in [-0.1, -0.05) is 29.3 Å². The first kappa shape index (κ1) is 17.2. The molecule has 0 aliphatic carbocycles. The second kappa shape index (κ2) is 7.90. The van der Waals surface area contributed by atoms with Crippen LogP contribution >= 0.6 is 23.2 Å². The summed E-state index contributed by atoms with van der Waals surface area (Å²) in [7, 11) is 1.56. The molecule has 2 rings (SSSR count). The third-order valence-electron chi connectivity index (χ3n) is 3.01. The molecular formula is C17H14Cl2O4. The van der Waals surface area contributed by atoms with Crippen molar-refractivity contribution in [1.29, 1.82) is 0 Å². The van der Waals surface area contributed by atoms with Crippen molar-refractivity contribution < 1.29 is 19.4 Å². The van der Waals surface area contributed by atoms with Crippen molar-refractivity contribution in [3.8, 4) is 11.5 Å². The minimum Gasteiger partial charge on any atom is -0.496 e. The zero-order valence-electron chi connectivity index (χ0n) is 12.3. The second-order valence-electron chi connectivity index (χ2n) is 4.61. The van der Waals surface area contributed by atoms with Gasteiger partial charge in [-0.25, -0.2) is 4.79 Å². The molecule has 0 aromatic heterocycles. The number of benzene rings is 2. The lowest BCUT2D eigenvalue weighted by Gasteiger charge is -2.11. The maximum absolute atomic E-state index is 10.6. The summed E-state index contributed by atoms with van der Waals surface area (Å²) in [5, 5.41) is 9.55. The fraction of sp³-hybridized carbons (Fsp3) is 0.118. The van der Waals surface area contributed by atoms with E-state index in [1.807, 2.05) is 0 Å². The first-order valence-electron chi connectivity index (χ1n) is 6.65. The van der Waals surface area contributed by atoms with E-state index >= 15 is 0 Å². The molecule has 0 aliphatic heterocycles. The molecular weight excluding hydrogens is 339 g/mol. The Morgan fingerprint density at radius 1 is 1.17 bits per heavy atom. The van der Waals surface area contributed by atoms with Crippen LogP contribution in [0, 0.1) is 0 Å². The first-order chi connectivity index (χ1) is 11.0. The highest BCUT2D eigenvalue weighted by Crippen LogP contribution is 2.28. The highest BCUT2D eigenvalue weighted by atomic mass is 35.5. The Balaban J connectivity index is 2.18. The largest absolute Gasteiger partial charge is 0.496 e. The highest BCUT2D eigenvalue weighted by molar-refractivity contribution is 6.42. The Kier molecular flexibility index (Phi) is 5.90. The average molecular weight is 353 g/mol. The molecule has 0 heterocycles. The normalized spacial score (nSPS) is 10.7. The van der Waals surface area contributed by atoms with E-state index in [1.54, 1.807) is 43.5 Å². The Hall–Kier alpha value is -2.17. The van der Waals surface area contributed by atoms with Crippen LogP contribution in [0.4, 0.5) is 0 Å². The lowest BCUT2D eigenvalue weighted by atomic mass is 10.1. The van der Waals surface area contributed by atoms with Crippen LogP contribution < -0.4 is 9.47 Å². The van der Waals surface area contributed by atoms with E-state index in [0.717, 1.165) is 17.2 Å². The van der Waals surface area contributed by atoms with Crippen molar-refractivity contribution in [3.05, 3.63) is 63.6 Å². The van der Waals surface area contributed by atoms with Gasteiger partial charge in [0.15, 0.2) is 0 Å². The van der Waals surface area contributed by atoms with E-state index in [1.165, 1.54) is 6.08 Å². The van der Waals surface area contributed by atoms with E-state index < -0.39 is 5.97 Å². The lowest BCUT2D eigenvalue weighted by Crippen LogP contribution is -1.99. The Bertz CT molecular complexity index is 741. The number of rotatable bonds is 6. The molecule has 0 atom stereocenters. The smallest absolute Gasteiger partial charge is 0.328 e. The zero-order valence-corrected chi connectivity index (χ0v) is 13.8. The summed E-state index contributed by atoms with van der Waals surface area (Å²) in [6.07, 6.45) is 2.58. The molecule has 23 heavy (non-hydrogen) atoms. The number of methoxy groups -OCH3 is 1. The van der Waals surface area contributed by atoms with Crippen molar-refractivity contribution >= 4 is 35.2 Å². The third kappa shape index (κ3) is 4.91. The summed E-state index contributed by atoms with van der Waals surface area (Å²) in [5.41, 5.74) is 1.52. The molecule has 0 amide bonds. The van der Waals surface area contributed by atoms with E-state index in [9.17, 15) is 4.79 Å². The van der Waals surface area contributed by atoms with Crippen LogP contribution in [0.25, 0.3) is 6.08 Å². The number of hydrogen-bond donors (Lipinski definition) is 1. The van der Waals surface area contributed by atoms with Crippen molar-refractivity contribution in [2.24, 2.45) is 0 Å². The number of halogens is 2. The number of carbonyl (C=O) groups is 1. The second-order valence-corrected chi connectivity index (χ2v) is 5.42. The van der Waals surface area contributed by atoms with Crippen molar-refractivity contribution in [2.45, 2.75) is 6.61 Å². The average Bonchev–Trinajstić information content (AvgIpc) is 2.54. The molecule has 0 radical (unpaired) electrons. The van der Waals surface area contributed by atoms with Crippen LogP contribution in [0.15, 0.2) is 42.5 Å². The number of ether oxygens (including phenoxy) is 2. The van der Waals surface area contributed by atoms with Crippen LogP contribution in [0.2, 0.25) is 10.0 Å². The molecule has 6 heteroatoms. The third-order valence-corrected chi connectivity index (χ3v) is 3.75. The fourth-order valence-electron chi connectivity index (χ4n) is 1.91. The highest BCUT2D eigenvalue weighted by Gasteiger charge is 2.06. The van der Waals surface area contributed by atoms with Gasteiger partial charge in [-0.05, 0) is 35.9 Å². The van der Waals surface area contributed by atoms with E-state index in [4.69, 9.17) is 37.8 Å². The summed E-state index contributed by atoms with van der Waals surface area (Å²) in [4.78, 5) is 10.6. The quantitative estimate of drug-likeness (QED) is 0.767. The van der Waals surface area contributed by atoms with Gasteiger partial charge in [0, 0.05) is 17.7 Å². The van der Waals surface area contributed by atoms with Crippen molar-refractivity contribution in [2.75, 3.05) is 7.11 Å². The SMILES string of the molecule is COc1ccc(/C=C/C(=O)O)cc1COc1ccc(Cl)c(Cl)c1. The molecule has 1 N–H and O–H groups in total. The van der Waals surface area contributed by atoms with E-state index in [-0.39, 0.29) is 6.61 Å². The van der Waals surface area contributed by atoms with Gasteiger partial charge in [0.05, 0.1) is 17.2 Å². The summed E-state index contributed by atoms with van der Waals surface area (Å²) in [6.45, 7) is 0.246. The van der Waals surface area contributed by atoms with Gasteiger partial charge in [-0.15, -0.1) is 0 Å². The molecule has 0 spiro atoms. The van der Waals surface area contributed by atoms with Crippen LogP contribution in [0.3, 0.4) is 0 Å². The summed E-state index contributed by atoms with van der Waals surface area (Å²) in [5.74, 6) is 0.222. The molecule has 0 fully saturated rings. The monoisotopic (exact) mass is 352 g/mol. The van der Waals surface area contributed by atoms with Gasteiger partial charge >= 0.3 is 5.97 Å². The molecule has 4 nitrogen and oxygen atoms in total. The summed E-state index contributed by atoms with van der Waals surface area (Å²) < 4.78 is 11.0.